The standard InChI is InChI=1S/C11H16ClN3O3/c1-4-5-7(11(17)18)13-10(16)8-6(2)14-15(3)9(8)12/h7H,4-5H2,1-3H3,(H,13,16)(H,17,18)/t7-/m0/s1. The lowest BCUT2D eigenvalue weighted by Gasteiger charge is -2.13. The van der Waals surface area contributed by atoms with E-state index in [0.717, 1.165) is 0 Å². The predicted octanol–water partition coefficient (Wildman–Crippen LogP) is 1.37. The minimum atomic E-state index is -1.05. The highest BCUT2D eigenvalue weighted by Gasteiger charge is 2.24. The molecule has 1 amide bonds. The van der Waals surface area contributed by atoms with Crippen LogP contribution in [0.3, 0.4) is 0 Å². The van der Waals surface area contributed by atoms with Gasteiger partial charge in [-0.15, -0.1) is 0 Å². The molecule has 2 N–H and O–H groups in total. The van der Waals surface area contributed by atoms with Gasteiger partial charge in [-0.2, -0.15) is 5.10 Å². The molecule has 0 unspecified atom stereocenters. The Morgan fingerprint density at radius 1 is 1.56 bits per heavy atom. The van der Waals surface area contributed by atoms with Crippen LogP contribution in [0.4, 0.5) is 0 Å². The van der Waals surface area contributed by atoms with Crippen LogP contribution in [0, 0.1) is 6.92 Å². The number of carbonyl (C=O) groups excluding carboxylic acids is 1. The Hall–Kier alpha value is -1.56. The quantitative estimate of drug-likeness (QED) is 0.848. The Labute approximate surface area is 110 Å². The zero-order valence-corrected chi connectivity index (χ0v) is 11.3. The predicted molar refractivity (Wildman–Crippen MR) is 66.8 cm³/mol. The van der Waals surface area contributed by atoms with Crippen molar-refractivity contribution in [2.45, 2.75) is 32.7 Å². The van der Waals surface area contributed by atoms with Crippen LogP contribution in [0.5, 0.6) is 0 Å². The smallest absolute Gasteiger partial charge is 0.326 e. The summed E-state index contributed by atoms with van der Waals surface area (Å²) >= 11 is 5.94. The van der Waals surface area contributed by atoms with E-state index < -0.39 is 17.9 Å². The lowest BCUT2D eigenvalue weighted by atomic mass is 10.1. The average Bonchev–Trinajstić information content (AvgIpc) is 2.52. The summed E-state index contributed by atoms with van der Waals surface area (Å²) < 4.78 is 1.38. The van der Waals surface area contributed by atoms with Crippen molar-refractivity contribution in [1.82, 2.24) is 15.1 Å². The molecule has 0 aliphatic rings. The largest absolute Gasteiger partial charge is 0.480 e. The third kappa shape index (κ3) is 3.01. The SMILES string of the molecule is CCC[C@H](NC(=O)c1c(C)nn(C)c1Cl)C(=O)O. The van der Waals surface area contributed by atoms with Gasteiger partial charge in [0.05, 0.1) is 11.3 Å². The molecule has 1 aromatic heterocycles. The number of carboxylic acid groups (broad SMARTS) is 1. The Balaban J connectivity index is 2.90. The molecule has 0 bridgehead atoms. The molecule has 1 rings (SSSR count). The third-order valence-electron chi connectivity index (χ3n) is 2.56. The number of aromatic nitrogens is 2. The number of carbonyl (C=O) groups is 2. The number of halogens is 1. The van der Waals surface area contributed by atoms with Crippen LogP contribution in [0.1, 0.15) is 35.8 Å². The molecule has 0 aliphatic carbocycles. The Bertz CT molecular complexity index is 470. The normalized spacial score (nSPS) is 12.2. The van der Waals surface area contributed by atoms with Crippen molar-refractivity contribution in [3.63, 3.8) is 0 Å². The number of rotatable bonds is 5. The molecule has 6 nitrogen and oxygen atoms in total. The van der Waals surface area contributed by atoms with E-state index in [-0.39, 0.29) is 10.7 Å². The van der Waals surface area contributed by atoms with E-state index in [1.165, 1.54) is 4.68 Å². The van der Waals surface area contributed by atoms with E-state index >= 15 is 0 Å². The minimum Gasteiger partial charge on any atom is -0.480 e. The van der Waals surface area contributed by atoms with Crippen LogP contribution >= 0.6 is 11.6 Å². The van der Waals surface area contributed by atoms with Gasteiger partial charge in [-0.3, -0.25) is 9.48 Å². The molecule has 0 aromatic carbocycles. The summed E-state index contributed by atoms with van der Waals surface area (Å²) in [5, 5.41) is 15.6. The number of hydrogen-bond acceptors (Lipinski definition) is 3. The number of amides is 1. The van der Waals surface area contributed by atoms with Crippen LogP contribution in [-0.4, -0.2) is 32.8 Å². The van der Waals surface area contributed by atoms with Crippen molar-refractivity contribution in [3.8, 4) is 0 Å². The van der Waals surface area contributed by atoms with Gasteiger partial charge in [-0.05, 0) is 13.3 Å². The van der Waals surface area contributed by atoms with Crippen LogP contribution in [0.25, 0.3) is 0 Å². The maximum Gasteiger partial charge on any atom is 0.326 e. The molecular weight excluding hydrogens is 258 g/mol. The average molecular weight is 274 g/mol. The summed E-state index contributed by atoms with van der Waals surface area (Å²) in [6.45, 7) is 3.50. The number of aliphatic carboxylic acids is 1. The summed E-state index contributed by atoms with van der Waals surface area (Å²) in [5.41, 5.74) is 0.696. The first-order valence-electron chi connectivity index (χ1n) is 5.61. The van der Waals surface area contributed by atoms with E-state index in [9.17, 15) is 9.59 Å². The van der Waals surface area contributed by atoms with Gasteiger partial charge >= 0.3 is 5.97 Å². The minimum absolute atomic E-state index is 0.200. The third-order valence-corrected chi connectivity index (χ3v) is 2.99. The van der Waals surface area contributed by atoms with Gasteiger partial charge in [0, 0.05) is 7.05 Å². The van der Waals surface area contributed by atoms with Gasteiger partial charge in [-0.25, -0.2) is 4.79 Å². The molecule has 100 valence electrons. The van der Waals surface area contributed by atoms with E-state index in [1.807, 2.05) is 6.92 Å². The lowest BCUT2D eigenvalue weighted by Crippen LogP contribution is -2.40. The summed E-state index contributed by atoms with van der Waals surface area (Å²) in [4.78, 5) is 22.9. The molecule has 0 radical (unpaired) electrons. The molecular formula is C11H16ClN3O3. The topological polar surface area (TPSA) is 84.2 Å². The van der Waals surface area contributed by atoms with Crippen molar-refractivity contribution in [3.05, 3.63) is 16.4 Å². The fourth-order valence-electron chi connectivity index (χ4n) is 1.66. The molecule has 7 heteroatoms. The second-order valence-electron chi connectivity index (χ2n) is 4.03. The summed E-state index contributed by atoms with van der Waals surface area (Å²) in [5.74, 6) is -1.56. The van der Waals surface area contributed by atoms with E-state index in [0.29, 0.717) is 18.5 Å². The number of nitrogens with one attached hydrogen (secondary N) is 1. The highest BCUT2D eigenvalue weighted by atomic mass is 35.5. The van der Waals surface area contributed by atoms with E-state index in [1.54, 1.807) is 14.0 Å². The monoisotopic (exact) mass is 273 g/mol. The lowest BCUT2D eigenvalue weighted by molar-refractivity contribution is -0.139. The van der Waals surface area contributed by atoms with Gasteiger partial charge in [0.15, 0.2) is 0 Å². The Morgan fingerprint density at radius 2 is 2.17 bits per heavy atom. The Morgan fingerprint density at radius 3 is 2.56 bits per heavy atom. The summed E-state index contributed by atoms with van der Waals surface area (Å²) in [6, 6.07) is -0.904. The van der Waals surface area contributed by atoms with Gasteiger partial charge in [-0.1, -0.05) is 24.9 Å². The van der Waals surface area contributed by atoms with Crippen LogP contribution in [-0.2, 0) is 11.8 Å². The van der Waals surface area contributed by atoms with Gasteiger partial charge in [0.25, 0.3) is 5.91 Å². The molecule has 0 aliphatic heterocycles. The second-order valence-corrected chi connectivity index (χ2v) is 4.39. The van der Waals surface area contributed by atoms with Gasteiger partial charge in [0.1, 0.15) is 11.2 Å². The molecule has 0 saturated heterocycles. The first-order chi connectivity index (χ1) is 8.38. The summed E-state index contributed by atoms with van der Waals surface area (Å²) in [6.07, 6.45) is 1.04. The maximum atomic E-state index is 12.0. The number of hydrogen-bond donors (Lipinski definition) is 2. The fourth-order valence-corrected chi connectivity index (χ4v) is 1.92. The van der Waals surface area contributed by atoms with Crippen LogP contribution < -0.4 is 5.32 Å². The zero-order chi connectivity index (χ0) is 13.9. The number of carboxylic acids is 1. The van der Waals surface area contributed by atoms with Crippen molar-refractivity contribution in [2.24, 2.45) is 7.05 Å². The zero-order valence-electron chi connectivity index (χ0n) is 10.5. The molecule has 18 heavy (non-hydrogen) atoms. The summed E-state index contributed by atoms with van der Waals surface area (Å²) in [7, 11) is 1.62. The van der Waals surface area contributed by atoms with Crippen molar-refractivity contribution in [2.75, 3.05) is 0 Å². The Kier molecular flexibility index (Phi) is 4.72. The molecule has 0 fully saturated rings. The van der Waals surface area contributed by atoms with Crippen LogP contribution in [0.2, 0.25) is 5.15 Å². The number of aryl methyl sites for hydroxylation is 2. The van der Waals surface area contributed by atoms with Gasteiger partial charge < -0.3 is 10.4 Å². The molecule has 1 aromatic rings. The fraction of sp³-hybridized carbons (Fsp3) is 0.545. The highest BCUT2D eigenvalue weighted by Crippen LogP contribution is 2.18. The van der Waals surface area contributed by atoms with E-state index in [2.05, 4.69) is 10.4 Å². The van der Waals surface area contributed by atoms with Gasteiger partial charge in [0.2, 0.25) is 0 Å². The van der Waals surface area contributed by atoms with Crippen molar-refractivity contribution < 1.29 is 14.7 Å². The molecule has 0 saturated carbocycles. The van der Waals surface area contributed by atoms with Crippen molar-refractivity contribution in [1.29, 1.82) is 0 Å². The first kappa shape index (κ1) is 14.5. The second kappa shape index (κ2) is 5.86. The van der Waals surface area contributed by atoms with Crippen molar-refractivity contribution >= 4 is 23.5 Å². The molecule has 1 heterocycles. The highest BCUT2D eigenvalue weighted by molar-refractivity contribution is 6.33. The van der Waals surface area contributed by atoms with Crippen LogP contribution in [0.15, 0.2) is 0 Å². The first-order valence-corrected chi connectivity index (χ1v) is 5.99. The molecule has 1 atom stereocenters. The molecule has 0 spiro atoms. The number of nitrogens with zero attached hydrogens (tertiary/aromatic N) is 2. The van der Waals surface area contributed by atoms with E-state index in [4.69, 9.17) is 16.7 Å². The maximum absolute atomic E-state index is 12.0.